The van der Waals surface area contributed by atoms with Crippen molar-refractivity contribution in [1.29, 1.82) is 0 Å². The molecule has 3 aromatic heterocycles. The zero-order chi connectivity index (χ0) is 13.8. The summed E-state index contributed by atoms with van der Waals surface area (Å²) in [5.41, 5.74) is 1.38. The lowest BCUT2D eigenvalue weighted by molar-refractivity contribution is 0.622. The van der Waals surface area contributed by atoms with Crippen LogP contribution in [0.5, 0.6) is 0 Å². The molecule has 0 aromatic carbocycles. The van der Waals surface area contributed by atoms with Gasteiger partial charge in [-0.3, -0.25) is 9.97 Å². The fourth-order valence-electron chi connectivity index (χ4n) is 1.66. The van der Waals surface area contributed by atoms with Crippen LogP contribution in [0.3, 0.4) is 0 Å². The lowest BCUT2D eigenvalue weighted by Crippen LogP contribution is -1.97. The molecule has 0 aliphatic carbocycles. The Labute approximate surface area is 114 Å². The van der Waals surface area contributed by atoms with Crippen molar-refractivity contribution in [3.63, 3.8) is 0 Å². The van der Waals surface area contributed by atoms with Crippen molar-refractivity contribution in [3.05, 3.63) is 60.9 Å². The van der Waals surface area contributed by atoms with Gasteiger partial charge in [0, 0.05) is 12.4 Å². The molecule has 20 heavy (non-hydrogen) atoms. The van der Waals surface area contributed by atoms with Crippen molar-refractivity contribution < 1.29 is 4.39 Å². The molecule has 6 heteroatoms. The van der Waals surface area contributed by atoms with Gasteiger partial charge >= 0.3 is 0 Å². The maximum Gasteiger partial charge on any atom is 0.141 e. The van der Waals surface area contributed by atoms with Crippen molar-refractivity contribution in [2.24, 2.45) is 0 Å². The number of nitrogens with one attached hydrogen (secondary N) is 1. The standard InChI is InChI=1S/C14H10FN5/c15-10-4-5-13(18-8-10)20-14-3-1-2-11(19-14)12-9-16-6-7-17-12/h1-9H,(H,18,19,20). The van der Waals surface area contributed by atoms with E-state index in [4.69, 9.17) is 0 Å². The van der Waals surface area contributed by atoms with Crippen LogP contribution in [-0.4, -0.2) is 19.9 Å². The van der Waals surface area contributed by atoms with Gasteiger partial charge in [0.25, 0.3) is 0 Å². The van der Waals surface area contributed by atoms with Crippen LogP contribution in [0.1, 0.15) is 0 Å². The molecule has 0 saturated carbocycles. The van der Waals surface area contributed by atoms with Crippen LogP contribution in [0, 0.1) is 5.82 Å². The number of hydrogen-bond acceptors (Lipinski definition) is 5. The summed E-state index contributed by atoms with van der Waals surface area (Å²) in [6.45, 7) is 0. The molecule has 0 atom stereocenters. The Bertz CT molecular complexity index is 700. The average Bonchev–Trinajstić information content (AvgIpc) is 2.51. The predicted octanol–water partition coefficient (Wildman–Crippen LogP) is 2.82. The number of rotatable bonds is 3. The molecule has 0 amide bonds. The lowest BCUT2D eigenvalue weighted by atomic mass is 10.3. The minimum Gasteiger partial charge on any atom is -0.325 e. The molecular weight excluding hydrogens is 257 g/mol. The van der Waals surface area contributed by atoms with Crippen molar-refractivity contribution in [3.8, 4) is 11.4 Å². The first kappa shape index (κ1) is 12.2. The summed E-state index contributed by atoms with van der Waals surface area (Å²) >= 11 is 0. The molecule has 0 aliphatic rings. The highest BCUT2D eigenvalue weighted by Gasteiger charge is 2.03. The maximum absolute atomic E-state index is 12.8. The van der Waals surface area contributed by atoms with E-state index in [0.29, 0.717) is 23.0 Å². The zero-order valence-corrected chi connectivity index (χ0v) is 10.4. The van der Waals surface area contributed by atoms with Crippen molar-refractivity contribution in [2.45, 2.75) is 0 Å². The summed E-state index contributed by atoms with van der Waals surface area (Å²) < 4.78 is 12.8. The molecule has 5 nitrogen and oxygen atoms in total. The van der Waals surface area contributed by atoms with E-state index in [1.54, 1.807) is 30.7 Å². The minimum absolute atomic E-state index is 0.378. The number of halogens is 1. The molecule has 0 radical (unpaired) electrons. The lowest BCUT2D eigenvalue weighted by Gasteiger charge is -2.06. The van der Waals surface area contributed by atoms with Gasteiger partial charge in [0.15, 0.2) is 0 Å². The Morgan fingerprint density at radius 1 is 0.850 bits per heavy atom. The molecule has 3 heterocycles. The number of aromatic nitrogens is 4. The summed E-state index contributed by atoms with van der Waals surface area (Å²) in [6, 6.07) is 8.37. The predicted molar refractivity (Wildman–Crippen MR) is 72.7 cm³/mol. The summed E-state index contributed by atoms with van der Waals surface area (Å²) in [7, 11) is 0. The van der Waals surface area contributed by atoms with Crippen molar-refractivity contribution in [1.82, 2.24) is 19.9 Å². The molecule has 0 unspecified atom stereocenters. The van der Waals surface area contributed by atoms with E-state index in [0.717, 1.165) is 6.20 Å². The van der Waals surface area contributed by atoms with Gasteiger partial charge in [-0.2, -0.15) is 0 Å². The molecule has 3 aromatic rings. The van der Waals surface area contributed by atoms with Gasteiger partial charge in [-0.15, -0.1) is 0 Å². The summed E-state index contributed by atoms with van der Waals surface area (Å²) in [6.07, 6.45) is 6.00. The quantitative estimate of drug-likeness (QED) is 0.790. The van der Waals surface area contributed by atoms with E-state index >= 15 is 0 Å². The van der Waals surface area contributed by atoms with E-state index in [2.05, 4.69) is 25.3 Å². The highest BCUT2D eigenvalue weighted by atomic mass is 19.1. The minimum atomic E-state index is -0.378. The number of nitrogens with zero attached hydrogens (tertiary/aromatic N) is 4. The summed E-state index contributed by atoms with van der Waals surface area (Å²) in [5, 5.41) is 3.00. The Morgan fingerprint density at radius 3 is 2.55 bits per heavy atom. The van der Waals surface area contributed by atoms with Crippen LogP contribution in [0.2, 0.25) is 0 Å². The second-order valence-corrected chi connectivity index (χ2v) is 3.99. The van der Waals surface area contributed by atoms with E-state index in [1.807, 2.05) is 12.1 Å². The summed E-state index contributed by atoms with van der Waals surface area (Å²) in [4.78, 5) is 16.5. The van der Waals surface area contributed by atoms with Crippen LogP contribution in [0.25, 0.3) is 11.4 Å². The van der Waals surface area contributed by atoms with Gasteiger partial charge in [-0.25, -0.2) is 14.4 Å². The molecule has 1 N–H and O–H groups in total. The Hall–Kier alpha value is -2.89. The highest BCUT2D eigenvalue weighted by Crippen LogP contribution is 2.17. The molecule has 0 aliphatic heterocycles. The first-order chi connectivity index (χ1) is 9.81. The Morgan fingerprint density at radius 2 is 1.80 bits per heavy atom. The van der Waals surface area contributed by atoms with Gasteiger partial charge in [-0.05, 0) is 24.3 Å². The zero-order valence-electron chi connectivity index (χ0n) is 10.4. The van der Waals surface area contributed by atoms with Gasteiger partial charge in [0.1, 0.15) is 23.1 Å². The third kappa shape index (κ3) is 2.74. The van der Waals surface area contributed by atoms with Crippen LogP contribution >= 0.6 is 0 Å². The SMILES string of the molecule is Fc1ccc(Nc2cccc(-c3cnccn3)n2)nc1. The van der Waals surface area contributed by atoms with Crippen LogP contribution in [0.15, 0.2) is 55.1 Å². The van der Waals surface area contributed by atoms with Crippen LogP contribution in [0.4, 0.5) is 16.0 Å². The van der Waals surface area contributed by atoms with Crippen LogP contribution < -0.4 is 5.32 Å². The highest BCUT2D eigenvalue weighted by molar-refractivity contribution is 5.59. The number of hydrogen-bond donors (Lipinski definition) is 1. The first-order valence-corrected chi connectivity index (χ1v) is 5.93. The topological polar surface area (TPSA) is 63.6 Å². The maximum atomic E-state index is 12.8. The monoisotopic (exact) mass is 267 g/mol. The molecular formula is C14H10FN5. The van der Waals surface area contributed by atoms with E-state index < -0.39 is 0 Å². The fourth-order valence-corrected chi connectivity index (χ4v) is 1.66. The molecule has 0 bridgehead atoms. The Kier molecular flexibility index (Phi) is 3.28. The molecule has 0 fully saturated rings. The normalized spacial score (nSPS) is 10.2. The largest absolute Gasteiger partial charge is 0.325 e. The van der Waals surface area contributed by atoms with Gasteiger partial charge in [0.2, 0.25) is 0 Å². The third-order valence-corrected chi connectivity index (χ3v) is 2.56. The van der Waals surface area contributed by atoms with Gasteiger partial charge in [-0.1, -0.05) is 6.07 Å². The van der Waals surface area contributed by atoms with Crippen molar-refractivity contribution in [2.75, 3.05) is 5.32 Å². The fraction of sp³-hybridized carbons (Fsp3) is 0. The average molecular weight is 267 g/mol. The van der Waals surface area contributed by atoms with E-state index in [9.17, 15) is 4.39 Å². The summed E-state index contributed by atoms with van der Waals surface area (Å²) in [5.74, 6) is 0.749. The van der Waals surface area contributed by atoms with Gasteiger partial charge < -0.3 is 5.32 Å². The second-order valence-electron chi connectivity index (χ2n) is 3.99. The first-order valence-electron chi connectivity index (χ1n) is 5.93. The Balaban J connectivity index is 1.86. The van der Waals surface area contributed by atoms with Crippen molar-refractivity contribution >= 4 is 11.6 Å². The smallest absolute Gasteiger partial charge is 0.141 e. The second kappa shape index (κ2) is 5.40. The molecule has 0 saturated heterocycles. The number of pyridine rings is 2. The van der Waals surface area contributed by atoms with Gasteiger partial charge in [0.05, 0.1) is 18.1 Å². The molecule has 0 spiro atoms. The number of anilines is 2. The van der Waals surface area contributed by atoms with E-state index in [-0.39, 0.29) is 5.82 Å². The third-order valence-electron chi connectivity index (χ3n) is 2.56. The molecule has 3 rings (SSSR count). The molecule has 98 valence electrons. The van der Waals surface area contributed by atoms with E-state index in [1.165, 1.54) is 6.07 Å². The van der Waals surface area contributed by atoms with Crippen LogP contribution in [-0.2, 0) is 0 Å².